The number of hydrogen-bond donors (Lipinski definition) is 1. The number of amides is 1. The zero-order chi connectivity index (χ0) is 21.7. The molecule has 7 heteroatoms. The second kappa shape index (κ2) is 9.00. The molecule has 0 radical (unpaired) electrons. The molecule has 6 nitrogen and oxygen atoms in total. The number of benzene rings is 3. The fourth-order valence-electron chi connectivity index (χ4n) is 2.99. The number of carbonyl (C=O) groups excluding carboxylic acids is 1. The Balaban J connectivity index is 1.81. The average molecular weight is 425 g/mol. The summed E-state index contributed by atoms with van der Waals surface area (Å²) in [6.45, 7) is 1.88. The van der Waals surface area contributed by atoms with Crippen molar-refractivity contribution in [3.05, 3.63) is 90.0 Å². The Hall–Kier alpha value is -3.32. The molecule has 3 rings (SSSR count). The minimum atomic E-state index is -3.84. The van der Waals surface area contributed by atoms with E-state index < -0.39 is 10.0 Å². The van der Waals surface area contributed by atoms with Gasteiger partial charge in [0.1, 0.15) is 5.75 Å². The van der Waals surface area contributed by atoms with E-state index in [0.29, 0.717) is 11.4 Å². The minimum absolute atomic E-state index is 0.0424. The Labute approximate surface area is 177 Å². The maximum Gasteiger partial charge on any atom is 0.264 e. The van der Waals surface area contributed by atoms with E-state index in [2.05, 4.69) is 5.32 Å². The largest absolute Gasteiger partial charge is 0.497 e. The van der Waals surface area contributed by atoms with Crippen molar-refractivity contribution in [3.8, 4) is 5.75 Å². The van der Waals surface area contributed by atoms with E-state index in [-0.39, 0.29) is 22.4 Å². The molecule has 0 aromatic heterocycles. The molecule has 0 saturated heterocycles. The van der Waals surface area contributed by atoms with Crippen molar-refractivity contribution in [1.82, 2.24) is 5.32 Å². The lowest BCUT2D eigenvalue weighted by molar-refractivity contribution is 0.0939. The zero-order valence-electron chi connectivity index (χ0n) is 17.1. The first-order valence-electron chi connectivity index (χ1n) is 9.42. The van der Waals surface area contributed by atoms with Gasteiger partial charge in [0.05, 0.1) is 23.7 Å². The van der Waals surface area contributed by atoms with Crippen LogP contribution in [0.5, 0.6) is 5.75 Å². The molecule has 3 aromatic carbocycles. The van der Waals surface area contributed by atoms with Gasteiger partial charge in [-0.25, -0.2) is 8.42 Å². The highest BCUT2D eigenvalue weighted by atomic mass is 32.2. The predicted octanol–water partition coefficient (Wildman–Crippen LogP) is 4.01. The number of nitrogens with one attached hydrogen (secondary N) is 1. The van der Waals surface area contributed by atoms with Crippen LogP contribution < -0.4 is 14.4 Å². The lowest BCUT2D eigenvalue weighted by Gasteiger charge is -2.20. The van der Waals surface area contributed by atoms with Gasteiger partial charge in [0, 0.05) is 12.6 Å². The van der Waals surface area contributed by atoms with Crippen molar-refractivity contribution in [1.29, 1.82) is 0 Å². The maximum atomic E-state index is 13.1. The number of ether oxygens (including phenoxy) is 1. The van der Waals surface area contributed by atoms with Crippen LogP contribution >= 0.6 is 0 Å². The van der Waals surface area contributed by atoms with Crippen molar-refractivity contribution >= 4 is 21.6 Å². The highest BCUT2D eigenvalue weighted by Gasteiger charge is 2.23. The van der Waals surface area contributed by atoms with Crippen LogP contribution in [0.15, 0.2) is 83.8 Å². The number of anilines is 1. The number of rotatable bonds is 7. The molecule has 0 saturated carbocycles. The molecule has 1 atom stereocenters. The van der Waals surface area contributed by atoms with Crippen LogP contribution in [0, 0.1) is 0 Å². The quantitative estimate of drug-likeness (QED) is 0.622. The van der Waals surface area contributed by atoms with Crippen LogP contribution in [-0.2, 0) is 10.0 Å². The summed E-state index contributed by atoms with van der Waals surface area (Å²) in [5.74, 6) is 0.297. The van der Waals surface area contributed by atoms with Crippen molar-refractivity contribution in [2.75, 3.05) is 18.5 Å². The van der Waals surface area contributed by atoms with Gasteiger partial charge in [-0.3, -0.25) is 9.10 Å². The summed E-state index contributed by atoms with van der Waals surface area (Å²) in [5.41, 5.74) is 1.74. The van der Waals surface area contributed by atoms with Crippen LogP contribution in [0.2, 0.25) is 0 Å². The zero-order valence-corrected chi connectivity index (χ0v) is 17.9. The summed E-state index contributed by atoms with van der Waals surface area (Å²) in [4.78, 5) is 12.7. The van der Waals surface area contributed by atoms with Gasteiger partial charge in [-0.05, 0) is 55.0 Å². The molecule has 1 unspecified atom stereocenters. The third kappa shape index (κ3) is 4.63. The van der Waals surface area contributed by atoms with Crippen molar-refractivity contribution in [3.63, 3.8) is 0 Å². The summed E-state index contributed by atoms with van der Waals surface area (Å²) < 4.78 is 32.4. The number of nitrogens with zero attached hydrogens (tertiary/aromatic N) is 1. The number of carbonyl (C=O) groups is 1. The summed E-state index contributed by atoms with van der Waals surface area (Å²) in [6, 6.07) is 22.1. The van der Waals surface area contributed by atoms with Crippen LogP contribution in [-0.4, -0.2) is 28.5 Å². The van der Waals surface area contributed by atoms with E-state index in [1.165, 1.54) is 23.5 Å². The number of methoxy groups -OCH3 is 1. The fourth-order valence-corrected chi connectivity index (χ4v) is 4.23. The Morgan fingerprint density at radius 2 is 1.63 bits per heavy atom. The Morgan fingerprint density at radius 1 is 0.967 bits per heavy atom. The van der Waals surface area contributed by atoms with Gasteiger partial charge >= 0.3 is 0 Å². The maximum absolute atomic E-state index is 13.1. The van der Waals surface area contributed by atoms with Gasteiger partial charge in [0.15, 0.2) is 0 Å². The van der Waals surface area contributed by atoms with Crippen LogP contribution in [0.25, 0.3) is 0 Å². The van der Waals surface area contributed by atoms with Gasteiger partial charge in [-0.15, -0.1) is 0 Å². The topological polar surface area (TPSA) is 75.7 Å². The fraction of sp³-hybridized carbons (Fsp3) is 0.174. The van der Waals surface area contributed by atoms with Gasteiger partial charge < -0.3 is 10.1 Å². The monoisotopic (exact) mass is 424 g/mol. The molecule has 30 heavy (non-hydrogen) atoms. The van der Waals surface area contributed by atoms with Gasteiger partial charge in [0.2, 0.25) is 0 Å². The van der Waals surface area contributed by atoms with E-state index in [9.17, 15) is 13.2 Å². The van der Waals surface area contributed by atoms with Crippen molar-refractivity contribution in [2.45, 2.75) is 17.9 Å². The third-order valence-corrected chi connectivity index (χ3v) is 6.62. The highest BCUT2D eigenvalue weighted by molar-refractivity contribution is 7.92. The second-order valence-electron chi connectivity index (χ2n) is 6.80. The predicted molar refractivity (Wildman–Crippen MR) is 117 cm³/mol. The molecule has 0 bridgehead atoms. The summed E-state index contributed by atoms with van der Waals surface area (Å²) in [5, 5.41) is 2.90. The summed E-state index contributed by atoms with van der Waals surface area (Å²) >= 11 is 0. The smallest absolute Gasteiger partial charge is 0.264 e. The standard InChI is InChI=1S/C23H24N2O4S/c1-17(18-8-5-4-6-9-18)24-23(26)19-10-7-11-22(16-19)30(27,28)25(2)20-12-14-21(29-3)15-13-20/h4-17H,1-3H3,(H,24,26). The molecular formula is C23H24N2O4S. The van der Waals surface area contributed by atoms with Crippen LogP contribution in [0.4, 0.5) is 5.69 Å². The average Bonchev–Trinajstić information content (AvgIpc) is 2.79. The Bertz CT molecular complexity index is 1110. The SMILES string of the molecule is COc1ccc(N(C)S(=O)(=O)c2cccc(C(=O)NC(C)c3ccccc3)c2)cc1. The van der Waals surface area contributed by atoms with Crippen LogP contribution in [0.3, 0.4) is 0 Å². The van der Waals surface area contributed by atoms with E-state index in [0.717, 1.165) is 5.56 Å². The minimum Gasteiger partial charge on any atom is -0.497 e. The van der Waals surface area contributed by atoms with Gasteiger partial charge in [-0.2, -0.15) is 0 Å². The second-order valence-corrected chi connectivity index (χ2v) is 8.77. The molecule has 0 aliphatic heterocycles. The van der Waals surface area contributed by atoms with Gasteiger partial charge in [0.25, 0.3) is 15.9 Å². The van der Waals surface area contributed by atoms with Crippen molar-refractivity contribution < 1.29 is 17.9 Å². The first kappa shape index (κ1) is 21.4. The molecule has 1 amide bonds. The molecule has 0 aliphatic rings. The molecular weight excluding hydrogens is 400 g/mol. The van der Waals surface area contributed by atoms with E-state index in [1.807, 2.05) is 37.3 Å². The number of sulfonamides is 1. The van der Waals surface area contributed by atoms with E-state index in [1.54, 1.807) is 43.5 Å². The molecule has 1 N–H and O–H groups in total. The van der Waals surface area contributed by atoms with E-state index in [4.69, 9.17) is 4.74 Å². The van der Waals surface area contributed by atoms with E-state index >= 15 is 0 Å². The summed E-state index contributed by atoms with van der Waals surface area (Å²) in [7, 11) is -0.816. The van der Waals surface area contributed by atoms with Crippen LogP contribution in [0.1, 0.15) is 28.9 Å². The molecule has 0 fully saturated rings. The molecule has 3 aromatic rings. The Kier molecular flexibility index (Phi) is 6.42. The molecule has 0 heterocycles. The van der Waals surface area contributed by atoms with Crippen molar-refractivity contribution in [2.24, 2.45) is 0 Å². The highest BCUT2D eigenvalue weighted by Crippen LogP contribution is 2.25. The third-order valence-electron chi connectivity index (χ3n) is 4.84. The van der Waals surface area contributed by atoms with Gasteiger partial charge in [-0.1, -0.05) is 36.4 Å². The Morgan fingerprint density at radius 3 is 2.27 bits per heavy atom. The lowest BCUT2D eigenvalue weighted by Crippen LogP contribution is -2.28. The first-order chi connectivity index (χ1) is 14.3. The molecule has 0 aliphatic carbocycles. The lowest BCUT2D eigenvalue weighted by atomic mass is 10.1. The molecule has 156 valence electrons. The first-order valence-corrected chi connectivity index (χ1v) is 10.9. The normalized spacial score (nSPS) is 12.1. The summed E-state index contributed by atoms with van der Waals surface area (Å²) in [6.07, 6.45) is 0. The molecule has 0 spiro atoms. The number of hydrogen-bond acceptors (Lipinski definition) is 4.